The molecule has 0 bridgehead atoms. The molecular formula is C12H17NO2. The van der Waals surface area contributed by atoms with Crippen molar-refractivity contribution >= 4 is 0 Å². The Balaban J connectivity index is 2.52. The van der Waals surface area contributed by atoms with Gasteiger partial charge in [0.15, 0.2) is 11.5 Å². The fraction of sp³-hybridized carbons (Fsp3) is 0.500. The molecule has 15 heavy (non-hydrogen) atoms. The summed E-state index contributed by atoms with van der Waals surface area (Å²) >= 11 is 0. The molecule has 1 aliphatic heterocycles. The Morgan fingerprint density at radius 3 is 3.00 bits per heavy atom. The smallest absolute Gasteiger partial charge is 0.165 e. The van der Waals surface area contributed by atoms with Gasteiger partial charge < -0.3 is 15.2 Å². The molecule has 0 aliphatic carbocycles. The lowest BCUT2D eigenvalue weighted by Gasteiger charge is -2.15. The topological polar surface area (TPSA) is 44.5 Å². The van der Waals surface area contributed by atoms with Gasteiger partial charge >= 0.3 is 0 Å². The average molecular weight is 207 g/mol. The molecule has 3 nitrogen and oxygen atoms in total. The van der Waals surface area contributed by atoms with Crippen molar-refractivity contribution in [3.63, 3.8) is 0 Å². The second-order valence-electron chi connectivity index (χ2n) is 3.98. The van der Waals surface area contributed by atoms with E-state index in [2.05, 4.69) is 6.07 Å². The van der Waals surface area contributed by atoms with Crippen molar-refractivity contribution in [2.45, 2.75) is 25.8 Å². The second-order valence-corrected chi connectivity index (χ2v) is 3.98. The standard InChI is InChI=1S/C12H17NO2/c1-8-6-9-10(13)4-3-5-15-12(9)11(7-8)14-2/h6-7,10H,3-5,13H2,1-2H3. The van der Waals surface area contributed by atoms with Gasteiger partial charge in [-0.3, -0.25) is 0 Å². The highest BCUT2D eigenvalue weighted by molar-refractivity contribution is 5.51. The highest BCUT2D eigenvalue weighted by atomic mass is 16.5. The number of hydrogen-bond donors (Lipinski definition) is 1. The molecule has 0 fully saturated rings. The van der Waals surface area contributed by atoms with Gasteiger partial charge in [-0.05, 0) is 31.4 Å². The van der Waals surface area contributed by atoms with Crippen LogP contribution in [0.1, 0.15) is 30.0 Å². The summed E-state index contributed by atoms with van der Waals surface area (Å²) in [6, 6.07) is 4.14. The predicted octanol–water partition coefficient (Wildman–Crippen LogP) is 2.18. The summed E-state index contributed by atoms with van der Waals surface area (Å²) in [5.41, 5.74) is 8.34. The first-order valence-corrected chi connectivity index (χ1v) is 5.29. The van der Waals surface area contributed by atoms with E-state index in [-0.39, 0.29) is 6.04 Å². The average Bonchev–Trinajstić information content (AvgIpc) is 2.40. The van der Waals surface area contributed by atoms with Crippen LogP contribution in [0.2, 0.25) is 0 Å². The van der Waals surface area contributed by atoms with E-state index in [0.717, 1.165) is 42.1 Å². The minimum absolute atomic E-state index is 0.0660. The minimum atomic E-state index is 0.0660. The summed E-state index contributed by atoms with van der Waals surface area (Å²) in [7, 11) is 1.66. The third kappa shape index (κ3) is 1.92. The Bertz CT molecular complexity index is 363. The molecule has 0 radical (unpaired) electrons. The Labute approximate surface area is 90.2 Å². The third-order valence-corrected chi connectivity index (χ3v) is 2.75. The van der Waals surface area contributed by atoms with Crippen molar-refractivity contribution in [3.05, 3.63) is 23.3 Å². The van der Waals surface area contributed by atoms with Crippen molar-refractivity contribution in [2.24, 2.45) is 5.73 Å². The van der Waals surface area contributed by atoms with Crippen molar-refractivity contribution in [1.82, 2.24) is 0 Å². The van der Waals surface area contributed by atoms with Crippen LogP contribution in [0.15, 0.2) is 12.1 Å². The van der Waals surface area contributed by atoms with Crippen LogP contribution in [0.3, 0.4) is 0 Å². The zero-order valence-corrected chi connectivity index (χ0v) is 9.25. The monoisotopic (exact) mass is 207 g/mol. The summed E-state index contributed by atoms with van der Waals surface area (Å²) < 4.78 is 11.0. The molecule has 0 amide bonds. The first-order chi connectivity index (χ1) is 7.22. The molecule has 1 aromatic carbocycles. The van der Waals surface area contributed by atoms with Crippen molar-refractivity contribution in [2.75, 3.05) is 13.7 Å². The van der Waals surface area contributed by atoms with Gasteiger partial charge in [-0.25, -0.2) is 0 Å². The largest absolute Gasteiger partial charge is 0.493 e. The lowest BCUT2D eigenvalue weighted by molar-refractivity contribution is 0.294. The number of methoxy groups -OCH3 is 1. The lowest BCUT2D eigenvalue weighted by atomic mass is 10.0. The van der Waals surface area contributed by atoms with Crippen LogP contribution in [0.25, 0.3) is 0 Å². The van der Waals surface area contributed by atoms with E-state index in [1.54, 1.807) is 7.11 Å². The van der Waals surface area contributed by atoms with Gasteiger partial charge in [0.2, 0.25) is 0 Å². The highest BCUT2D eigenvalue weighted by Crippen LogP contribution is 2.38. The zero-order chi connectivity index (χ0) is 10.8. The quantitative estimate of drug-likeness (QED) is 0.767. The molecule has 1 heterocycles. The van der Waals surface area contributed by atoms with Crippen LogP contribution in [-0.2, 0) is 0 Å². The number of aryl methyl sites for hydroxylation is 1. The molecule has 2 rings (SSSR count). The Hall–Kier alpha value is -1.22. The maximum atomic E-state index is 6.10. The molecule has 82 valence electrons. The maximum absolute atomic E-state index is 6.10. The first kappa shape index (κ1) is 10.3. The van der Waals surface area contributed by atoms with Gasteiger partial charge in [-0.1, -0.05) is 6.07 Å². The first-order valence-electron chi connectivity index (χ1n) is 5.29. The molecule has 0 saturated heterocycles. The van der Waals surface area contributed by atoms with Crippen molar-refractivity contribution < 1.29 is 9.47 Å². The second kappa shape index (κ2) is 4.11. The van der Waals surface area contributed by atoms with Crippen LogP contribution in [0.5, 0.6) is 11.5 Å². The van der Waals surface area contributed by atoms with Crippen LogP contribution >= 0.6 is 0 Å². The summed E-state index contributed by atoms with van der Waals surface area (Å²) in [5, 5.41) is 0. The number of rotatable bonds is 1. The molecule has 0 saturated carbocycles. The number of nitrogens with two attached hydrogens (primary N) is 1. The fourth-order valence-electron chi connectivity index (χ4n) is 1.98. The van der Waals surface area contributed by atoms with E-state index in [1.807, 2.05) is 13.0 Å². The number of benzene rings is 1. The summed E-state index contributed by atoms with van der Waals surface area (Å²) in [5.74, 6) is 1.62. The van der Waals surface area contributed by atoms with E-state index >= 15 is 0 Å². The Morgan fingerprint density at radius 2 is 2.27 bits per heavy atom. The van der Waals surface area contributed by atoms with Crippen LogP contribution < -0.4 is 15.2 Å². The third-order valence-electron chi connectivity index (χ3n) is 2.75. The zero-order valence-electron chi connectivity index (χ0n) is 9.25. The summed E-state index contributed by atoms with van der Waals surface area (Å²) in [6.07, 6.45) is 1.97. The van der Waals surface area contributed by atoms with Crippen molar-refractivity contribution in [1.29, 1.82) is 0 Å². The molecule has 0 spiro atoms. The van der Waals surface area contributed by atoms with Crippen LogP contribution in [0, 0.1) is 6.92 Å². The fourth-order valence-corrected chi connectivity index (χ4v) is 1.98. The number of fused-ring (bicyclic) bond motifs is 1. The van der Waals surface area contributed by atoms with Crippen LogP contribution in [-0.4, -0.2) is 13.7 Å². The molecule has 3 heteroatoms. The Morgan fingerprint density at radius 1 is 1.47 bits per heavy atom. The highest BCUT2D eigenvalue weighted by Gasteiger charge is 2.20. The number of hydrogen-bond acceptors (Lipinski definition) is 3. The molecule has 2 N–H and O–H groups in total. The lowest BCUT2D eigenvalue weighted by Crippen LogP contribution is -2.09. The molecule has 1 atom stereocenters. The van der Waals surface area contributed by atoms with E-state index in [0.29, 0.717) is 0 Å². The molecule has 1 aliphatic rings. The summed E-state index contributed by atoms with van der Waals surface area (Å²) in [4.78, 5) is 0. The van der Waals surface area contributed by atoms with E-state index in [4.69, 9.17) is 15.2 Å². The number of ether oxygens (including phenoxy) is 2. The normalized spacial score (nSPS) is 20.1. The van der Waals surface area contributed by atoms with E-state index in [9.17, 15) is 0 Å². The summed E-state index contributed by atoms with van der Waals surface area (Å²) in [6.45, 7) is 2.76. The van der Waals surface area contributed by atoms with Gasteiger partial charge in [0.1, 0.15) is 0 Å². The van der Waals surface area contributed by atoms with E-state index in [1.165, 1.54) is 0 Å². The van der Waals surface area contributed by atoms with Gasteiger partial charge in [0.25, 0.3) is 0 Å². The van der Waals surface area contributed by atoms with Gasteiger partial charge in [0.05, 0.1) is 13.7 Å². The predicted molar refractivity (Wildman–Crippen MR) is 59.4 cm³/mol. The van der Waals surface area contributed by atoms with Gasteiger partial charge in [0, 0.05) is 11.6 Å². The van der Waals surface area contributed by atoms with Crippen molar-refractivity contribution in [3.8, 4) is 11.5 Å². The molecule has 1 aromatic rings. The van der Waals surface area contributed by atoms with Gasteiger partial charge in [-0.2, -0.15) is 0 Å². The van der Waals surface area contributed by atoms with Gasteiger partial charge in [-0.15, -0.1) is 0 Å². The Kier molecular flexibility index (Phi) is 2.82. The maximum Gasteiger partial charge on any atom is 0.165 e. The molecule has 1 unspecified atom stereocenters. The molecule has 0 aromatic heterocycles. The minimum Gasteiger partial charge on any atom is -0.493 e. The van der Waals surface area contributed by atoms with E-state index < -0.39 is 0 Å². The van der Waals surface area contributed by atoms with Crippen LogP contribution in [0.4, 0.5) is 0 Å². The SMILES string of the molecule is COc1cc(C)cc2c1OCCCC2N. The molecular weight excluding hydrogens is 190 g/mol.